The van der Waals surface area contributed by atoms with E-state index in [0.29, 0.717) is 10.3 Å². The summed E-state index contributed by atoms with van der Waals surface area (Å²) >= 11 is 10.9. The molecule has 1 aromatic rings. The van der Waals surface area contributed by atoms with Crippen molar-refractivity contribution in [3.05, 3.63) is 21.8 Å². The quantitative estimate of drug-likeness (QED) is 0.751. The number of hydrogen-bond acceptors (Lipinski definition) is 2. The first kappa shape index (κ1) is 10.4. The van der Waals surface area contributed by atoms with E-state index in [1.54, 1.807) is 18.0 Å². The molecule has 12 heavy (non-hydrogen) atoms. The highest BCUT2D eigenvalue weighted by Gasteiger charge is 2.04. The summed E-state index contributed by atoms with van der Waals surface area (Å²) in [6.07, 6.45) is 1.66. The minimum absolute atomic E-state index is 0.537. The van der Waals surface area contributed by atoms with Crippen LogP contribution in [0.4, 0.5) is 0 Å². The molecule has 0 spiro atoms. The first-order valence-corrected chi connectivity index (χ1v) is 5.62. The van der Waals surface area contributed by atoms with Crippen molar-refractivity contribution < 1.29 is 0 Å². The third-order valence-electron chi connectivity index (χ3n) is 1.12. The fourth-order valence-corrected chi connectivity index (χ4v) is 2.36. The predicted molar refractivity (Wildman–Crippen MR) is 57.9 cm³/mol. The zero-order valence-electron chi connectivity index (χ0n) is 6.84. The Kier molecular flexibility index (Phi) is 3.87. The Morgan fingerprint density at radius 1 is 1.58 bits per heavy atom. The number of halogens is 2. The number of thioether (sulfide) groups is 1. The second-order valence-electron chi connectivity index (χ2n) is 2.61. The van der Waals surface area contributed by atoms with Crippen molar-refractivity contribution in [1.82, 2.24) is 4.98 Å². The summed E-state index contributed by atoms with van der Waals surface area (Å²) in [5, 5.41) is 2.19. The number of nitrogens with zero attached hydrogens (tertiary/aromatic N) is 1. The fourth-order valence-electron chi connectivity index (χ4n) is 0.712. The van der Waals surface area contributed by atoms with Gasteiger partial charge in [-0.05, 0) is 22.0 Å². The highest BCUT2D eigenvalue weighted by molar-refractivity contribution is 9.10. The lowest BCUT2D eigenvalue weighted by Gasteiger charge is -2.05. The fraction of sp³-hybridized carbons (Fsp3) is 0.375. The van der Waals surface area contributed by atoms with Crippen LogP contribution in [0.1, 0.15) is 13.8 Å². The third-order valence-corrected chi connectivity index (χ3v) is 3.22. The van der Waals surface area contributed by atoms with E-state index in [1.807, 2.05) is 6.07 Å². The van der Waals surface area contributed by atoms with Gasteiger partial charge in [-0.3, -0.25) is 0 Å². The average Bonchev–Trinajstić information content (AvgIpc) is 1.94. The van der Waals surface area contributed by atoms with Crippen LogP contribution < -0.4 is 0 Å². The molecule has 0 aromatic carbocycles. The molecule has 66 valence electrons. The molecule has 0 fully saturated rings. The molecule has 0 aliphatic rings. The molecule has 4 heteroatoms. The number of hydrogen-bond donors (Lipinski definition) is 0. The van der Waals surface area contributed by atoms with Gasteiger partial charge in [0.15, 0.2) is 0 Å². The maximum atomic E-state index is 5.75. The standard InChI is InChI=1S/C8H9BrClNS/c1-5(2)12-8-7(9)3-6(10)4-11-8/h3-5H,1-2H3. The Labute approximate surface area is 90.0 Å². The molecule has 0 N–H and O–H groups in total. The third kappa shape index (κ3) is 2.96. The Morgan fingerprint density at radius 3 is 2.75 bits per heavy atom. The van der Waals surface area contributed by atoms with E-state index in [4.69, 9.17) is 11.6 Å². The van der Waals surface area contributed by atoms with Gasteiger partial charge in [-0.1, -0.05) is 25.4 Å². The Morgan fingerprint density at radius 2 is 2.25 bits per heavy atom. The second kappa shape index (κ2) is 4.49. The molecule has 0 aliphatic heterocycles. The molecule has 0 bridgehead atoms. The molecule has 1 heterocycles. The van der Waals surface area contributed by atoms with Gasteiger partial charge in [-0.2, -0.15) is 0 Å². The lowest BCUT2D eigenvalue weighted by Crippen LogP contribution is -1.89. The van der Waals surface area contributed by atoms with E-state index in [0.717, 1.165) is 9.50 Å². The zero-order chi connectivity index (χ0) is 9.14. The van der Waals surface area contributed by atoms with Crippen LogP contribution in [-0.4, -0.2) is 10.2 Å². The van der Waals surface area contributed by atoms with Crippen LogP contribution >= 0.6 is 39.3 Å². The van der Waals surface area contributed by atoms with Gasteiger partial charge in [0.05, 0.1) is 9.50 Å². The summed E-state index contributed by atoms with van der Waals surface area (Å²) in [5.41, 5.74) is 0. The SMILES string of the molecule is CC(C)Sc1ncc(Cl)cc1Br. The van der Waals surface area contributed by atoms with Crippen molar-refractivity contribution in [2.75, 3.05) is 0 Å². The van der Waals surface area contributed by atoms with Gasteiger partial charge >= 0.3 is 0 Å². The molecule has 0 aliphatic carbocycles. The van der Waals surface area contributed by atoms with Gasteiger partial charge in [0, 0.05) is 11.4 Å². The predicted octanol–water partition coefficient (Wildman–Crippen LogP) is 4.00. The summed E-state index contributed by atoms with van der Waals surface area (Å²) in [6.45, 7) is 4.26. The lowest BCUT2D eigenvalue weighted by molar-refractivity contribution is 1.06. The second-order valence-corrected chi connectivity index (χ2v) is 5.46. The van der Waals surface area contributed by atoms with E-state index in [-0.39, 0.29) is 0 Å². The van der Waals surface area contributed by atoms with Crippen LogP contribution in [0.15, 0.2) is 21.8 Å². The van der Waals surface area contributed by atoms with E-state index in [1.165, 1.54) is 0 Å². The lowest BCUT2D eigenvalue weighted by atomic mass is 10.5. The molecule has 1 rings (SSSR count). The highest BCUT2D eigenvalue weighted by Crippen LogP contribution is 2.29. The van der Waals surface area contributed by atoms with Crippen molar-refractivity contribution in [1.29, 1.82) is 0 Å². The molecule has 0 unspecified atom stereocenters. The van der Waals surface area contributed by atoms with Crippen molar-refractivity contribution in [3.63, 3.8) is 0 Å². The summed E-state index contributed by atoms with van der Waals surface area (Å²) in [5.74, 6) is 0. The maximum Gasteiger partial charge on any atom is 0.111 e. The molecule has 0 radical (unpaired) electrons. The first-order valence-electron chi connectivity index (χ1n) is 3.57. The largest absolute Gasteiger partial charge is 0.247 e. The van der Waals surface area contributed by atoms with Gasteiger partial charge in [-0.25, -0.2) is 4.98 Å². The summed E-state index contributed by atoms with van der Waals surface area (Å²) < 4.78 is 0.966. The summed E-state index contributed by atoms with van der Waals surface area (Å²) in [7, 11) is 0. The van der Waals surface area contributed by atoms with Crippen LogP contribution in [0.5, 0.6) is 0 Å². The van der Waals surface area contributed by atoms with Gasteiger partial charge in [0.25, 0.3) is 0 Å². The average molecular weight is 267 g/mol. The van der Waals surface area contributed by atoms with Crippen LogP contribution in [0.25, 0.3) is 0 Å². The molecular formula is C8H9BrClNS. The van der Waals surface area contributed by atoms with Crippen molar-refractivity contribution in [3.8, 4) is 0 Å². The topological polar surface area (TPSA) is 12.9 Å². The van der Waals surface area contributed by atoms with Gasteiger partial charge in [0.1, 0.15) is 5.03 Å². The Bertz CT molecular complexity index is 278. The van der Waals surface area contributed by atoms with Crippen LogP contribution in [0.3, 0.4) is 0 Å². The highest BCUT2D eigenvalue weighted by atomic mass is 79.9. The minimum Gasteiger partial charge on any atom is -0.247 e. The van der Waals surface area contributed by atoms with Crippen molar-refractivity contribution in [2.45, 2.75) is 24.1 Å². The monoisotopic (exact) mass is 265 g/mol. The number of rotatable bonds is 2. The van der Waals surface area contributed by atoms with Crippen molar-refractivity contribution in [2.24, 2.45) is 0 Å². The van der Waals surface area contributed by atoms with Crippen LogP contribution in [0, 0.1) is 0 Å². The van der Waals surface area contributed by atoms with E-state index in [2.05, 4.69) is 34.8 Å². The molecular weight excluding hydrogens is 258 g/mol. The molecule has 0 amide bonds. The van der Waals surface area contributed by atoms with Gasteiger partial charge in [0.2, 0.25) is 0 Å². The number of aromatic nitrogens is 1. The van der Waals surface area contributed by atoms with Gasteiger partial charge < -0.3 is 0 Å². The zero-order valence-corrected chi connectivity index (χ0v) is 10.0. The molecule has 0 atom stereocenters. The minimum atomic E-state index is 0.537. The Balaban J connectivity index is 2.86. The van der Waals surface area contributed by atoms with Crippen LogP contribution in [0.2, 0.25) is 5.02 Å². The normalized spacial score (nSPS) is 10.8. The molecule has 0 saturated heterocycles. The first-order chi connectivity index (χ1) is 5.59. The number of pyridine rings is 1. The van der Waals surface area contributed by atoms with E-state index < -0.39 is 0 Å². The molecule has 1 aromatic heterocycles. The Hall–Kier alpha value is 0.270. The molecule has 1 nitrogen and oxygen atoms in total. The van der Waals surface area contributed by atoms with E-state index in [9.17, 15) is 0 Å². The summed E-state index contributed by atoms with van der Waals surface area (Å²) in [6, 6.07) is 1.86. The smallest absolute Gasteiger partial charge is 0.111 e. The van der Waals surface area contributed by atoms with Gasteiger partial charge in [-0.15, -0.1) is 11.8 Å². The van der Waals surface area contributed by atoms with E-state index >= 15 is 0 Å². The summed E-state index contributed by atoms with van der Waals surface area (Å²) in [4.78, 5) is 4.20. The van der Waals surface area contributed by atoms with Crippen LogP contribution in [-0.2, 0) is 0 Å². The maximum absolute atomic E-state index is 5.75. The van der Waals surface area contributed by atoms with Crippen molar-refractivity contribution >= 4 is 39.3 Å². The molecule has 0 saturated carbocycles.